The van der Waals surface area contributed by atoms with Crippen molar-refractivity contribution in [2.45, 2.75) is 6.92 Å². The van der Waals surface area contributed by atoms with Crippen LogP contribution in [0.25, 0.3) is 10.1 Å². The molecule has 0 radical (unpaired) electrons. The minimum atomic E-state index is -0.843. The minimum absolute atomic E-state index is 0.438. The van der Waals surface area contributed by atoms with Crippen LogP contribution in [0.1, 0.15) is 15.9 Å². The highest BCUT2D eigenvalue weighted by atomic mass is 127. The number of rotatable bonds is 1. The largest absolute Gasteiger partial charge is 0.478 e. The quantitative estimate of drug-likeness (QED) is 0.817. The molecule has 0 spiro atoms. The second-order valence-corrected chi connectivity index (χ2v) is 5.11. The monoisotopic (exact) mass is 318 g/mol. The molecule has 1 aromatic carbocycles. The van der Waals surface area contributed by atoms with E-state index in [1.807, 2.05) is 24.4 Å². The van der Waals surface area contributed by atoms with Gasteiger partial charge in [0.15, 0.2) is 0 Å². The number of hydrogen-bond donors (Lipinski definition) is 1. The van der Waals surface area contributed by atoms with Crippen LogP contribution in [-0.4, -0.2) is 11.1 Å². The van der Waals surface area contributed by atoms with Crippen molar-refractivity contribution in [1.82, 2.24) is 0 Å². The molecule has 1 aromatic heterocycles. The molecule has 2 aromatic rings. The van der Waals surface area contributed by atoms with Crippen molar-refractivity contribution < 1.29 is 9.90 Å². The molecule has 0 aliphatic rings. The molecule has 0 aliphatic heterocycles. The van der Waals surface area contributed by atoms with Gasteiger partial charge in [-0.25, -0.2) is 4.79 Å². The smallest absolute Gasteiger partial charge is 0.336 e. The van der Waals surface area contributed by atoms with E-state index in [0.29, 0.717) is 5.56 Å². The van der Waals surface area contributed by atoms with E-state index in [1.54, 1.807) is 11.3 Å². The summed E-state index contributed by atoms with van der Waals surface area (Å²) >= 11 is 3.75. The van der Waals surface area contributed by atoms with E-state index in [1.165, 1.54) is 0 Å². The highest BCUT2D eigenvalue weighted by Crippen LogP contribution is 2.30. The molecule has 0 saturated carbocycles. The van der Waals surface area contributed by atoms with Gasteiger partial charge in [0, 0.05) is 13.7 Å². The van der Waals surface area contributed by atoms with Crippen LogP contribution in [0.15, 0.2) is 17.5 Å². The molecular formula is C10H7IO2S. The van der Waals surface area contributed by atoms with Gasteiger partial charge in [0.25, 0.3) is 0 Å². The van der Waals surface area contributed by atoms with Crippen molar-refractivity contribution in [3.8, 4) is 0 Å². The average molecular weight is 318 g/mol. The molecule has 14 heavy (non-hydrogen) atoms. The van der Waals surface area contributed by atoms with Crippen LogP contribution in [-0.2, 0) is 0 Å². The lowest BCUT2D eigenvalue weighted by Crippen LogP contribution is -2.01. The maximum absolute atomic E-state index is 11.1. The Kier molecular flexibility index (Phi) is 2.48. The van der Waals surface area contributed by atoms with E-state index in [4.69, 9.17) is 5.11 Å². The number of thiophene rings is 1. The first-order valence-corrected chi connectivity index (χ1v) is 5.96. The third kappa shape index (κ3) is 1.42. The predicted molar refractivity (Wildman–Crippen MR) is 66.2 cm³/mol. The fraction of sp³-hybridized carbons (Fsp3) is 0.100. The topological polar surface area (TPSA) is 37.3 Å². The molecular weight excluding hydrogens is 311 g/mol. The first kappa shape index (κ1) is 9.92. The van der Waals surface area contributed by atoms with Gasteiger partial charge in [-0.1, -0.05) is 0 Å². The molecule has 0 aliphatic carbocycles. The Morgan fingerprint density at radius 2 is 2.29 bits per heavy atom. The van der Waals surface area contributed by atoms with Gasteiger partial charge in [-0.3, -0.25) is 0 Å². The fourth-order valence-corrected chi connectivity index (χ4v) is 3.09. The number of carboxylic acid groups (broad SMARTS) is 1. The zero-order chi connectivity index (χ0) is 10.3. The SMILES string of the molecule is Cc1c(I)cc2sccc2c1C(=O)O. The van der Waals surface area contributed by atoms with Gasteiger partial charge in [-0.2, -0.15) is 0 Å². The van der Waals surface area contributed by atoms with Crippen molar-refractivity contribution in [2.75, 3.05) is 0 Å². The number of carboxylic acids is 1. The standard InChI is InChI=1S/C10H7IO2S/c1-5-7(11)4-8-6(2-3-14-8)9(5)10(12)13/h2-4H,1H3,(H,12,13). The third-order valence-electron chi connectivity index (χ3n) is 2.17. The fourth-order valence-electron chi connectivity index (χ4n) is 1.46. The van der Waals surface area contributed by atoms with Crippen molar-refractivity contribution in [3.63, 3.8) is 0 Å². The first-order chi connectivity index (χ1) is 6.61. The van der Waals surface area contributed by atoms with E-state index < -0.39 is 5.97 Å². The second-order valence-electron chi connectivity index (χ2n) is 3.00. The molecule has 4 heteroatoms. The number of halogens is 1. The Hall–Kier alpha value is -0.620. The molecule has 2 nitrogen and oxygen atoms in total. The van der Waals surface area contributed by atoms with Gasteiger partial charge in [-0.15, -0.1) is 11.3 Å². The van der Waals surface area contributed by atoms with Gasteiger partial charge in [0.2, 0.25) is 0 Å². The average Bonchev–Trinajstić information content (AvgIpc) is 2.52. The number of benzene rings is 1. The summed E-state index contributed by atoms with van der Waals surface area (Å²) in [5.41, 5.74) is 1.29. The molecule has 2 rings (SSSR count). The lowest BCUT2D eigenvalue weighted by atomic mass is 10.1. The van der Waals surface area contributed by atoms with Crippen LogP contribution in [0.3, 0.4) is 0 Å². The summed E-state index contributed by atoms with van der Waals surface area (Å²) in [7, 11) is 0. The van der Waals surface area contributed by atoms with E-state index in [-0.39, 0.29) is 0 Å². The van der Waals surface area contributed by atoms with Crippen LogP contribution < -0.4 is 0 Å². The van der Waals surface area contributed by atoms with Gasteiger partial charge in [-0.05, 0) is 52.6 Å². The number of aromatic carboxylic acids is 1. The molecule has 0 saturated heterocycles. The third-order valence-corrected chi connectivity index (χ3v) is 4.15. The first-order valence-electron chi connectivity index (χ1n) is 4.01. The Morgan fingerprint density at radius 1 is 1.57 bits per heavy atom. The Balaban J connectivity index is 2.93. The molecule has 72 valence electrons. The van der Waals surface area contributed by atoms with Crippen LogP contribution in [0.5, 0.6) is 0 Å². The minimum Gasteiger partial charge on any atom is -0.478 e. The lowest BCUT2D eigenvalue weighted by molar-refractivity contribution is 0.0698. The highest BCUT2D eigenvalue weighted by Gasteiger charge is 2.15. The van der Waals surface area contributed by atoms with Crippen molar-refractivity contribution >= 4 is 50.0 Å². The molecule has 1 heterocycles. The van der Waals surface area contributed by atoms with Gasteiger partial charge >= 0.3 is 5.97 Å². The van der Waals surface area contributed by atoms with E-state index in [2.05, 4.69) is 22.6 Å². The van der Waals surface area contributed by atoms with Crippen molar-refractivity contribution in [3.05, 3.63) is 32.2 Å². The van der Waals surface area contributed by atoms with Crippen LogP contribution >= 0.6 is 33.9 Å². The molecule has 1 N–H and O–H groups in total. The van der Waals surface area contributed by atoms with Crippen LogP contribution in [0.4, 0.5) is 0 Å². The van der Waals surface area contributed by atoms with Gasteiger partial charge < -0.3 is 5.11 Å². The predicted octanol–water partition coefficient (Wildman–Crippen LogP) is 3.51. The maximum atomic E-state index is 11.1. The molecule has 0 atom stereocenters. The summed E-state index contributed by atoms with van der Waals surface area (Å²) in [5.74, 6) is -0.843. The second kappa shape index (κ2) is 3.51. The summed E-state index contributed by atoms with van der Waals surface area (Å²) in [6.07, 6.45) is 0. The molecule has 0 bridgehead atoms. The Morgan fingerprint density at radius 3 is 2.93 bits per heavy atom. The Labute approximate surface area is 98.7 Å². The summed E-state index contributed by atoms with van der Waals surface area (Å²) in [5, 5.41) is 11.9. The summed E-state index contributed by atoms with van der Waals surface area (Å²) < 4.78 is 2.05. The Bertz CT molecular complexity index is 516. The van der Waals surface area contributed by atoms with E-state index in [0.717, 1.165) is 19.2 Å². The van der Waals surface area contributed by atoms with Crippen LogP contribution in [0, 0.1) is 10.5 Å². The summed E-state index contributed by atoms with van der Waals surface area (Å²) in [4.78, 5) is 11.1. The normalized spacial score (nSPS) is 10.7. The van der Waals surface area contributed by atoms with E-state index in [9.17, 15) is 4.79 Å². The molecule has 0 unspecified atom stereocenters. The highest BCUT2D eigenvalue weighted by molar-refractivity contribution is 14.1. The van der Waals surface area contributed by atoms with Gasteiger partial charge in [0.1, 0.15) is 0 Å². The van der Waals surface area contributed by atoms with Crippen LogP contribution in [0.2, 0.25) is 0 Å². The maximum Gasteiger partial charge on any atom is 0.336 e. The summed E-state index contributed by atoms with van der Waals surface area (Å²) in [6.45, 7) is 1.85. The zero-order valence-corrected chi connectivity index (χ0v) is 10.3. The van der Waals surface area contributed by atoms with Crippen molar-refractivity contribution in [2.24, 2.45) is 0 Å². The number of fused-ring (bicyclic) bond motifs is 1. The molecule has 0 fully saturated rings. The molecule has 0 amide bonds. The zero-order valence-electron chi connectivity index (χ0n) is 7.37. The summed E-state index contributed by atoms with van der Waals surface area (Å²) in [6, 6.07) is 3.90. The van der Waals surface area contributed by atoms with Gasteiger partial charge in [0.05, 0.1) is 5.56 Å². The van der Waals surface area contributed by atoms with Crippen molar-refractivity contribution in [1.29, 1.82) is 0 Å². The van der Waals surface area contributed by atoms with E-state index >= 15 is 0 Å². The number of hydrogen-bond acceptors (Lipinski definition) is 2. The lowest BCUT2D eigenvalue weighted by Gasteiger charge is -2.04. The number of carbonyl (C=O) groups is 1.